The fourth-order valence-electron chi connectivity index (χ4n) is 3.79. The first-order valence-electron chi connectivity index (χ1n) is 9.41. The molecule has 4 aromatic rings. The highest BCUT2D eigenvalue weighted by atomic mass is 16.2. The molecule has 1 aliphatic heterocycles. The molecule has 0 aliphatic carbocycles. The number of nitrogens with zero attached hydrogens (tertiary/aromatic N) is 3. The smallest absolute Gasteiger partial charge is 0.373 e. The Kier molecular flexibility index (Phi) is 4.33. The Balaban J connectivity index is 1.63. The van der Waals surface area contributed by atoms with Gasteiger partial charge in [-0.3, -0.25) is 14.5 Å². The van der Waals surface area contributed by atoms with Crippen molar-refractivity contribution in [2.24, 2.45) is 0 Å². The van der Waals surface area contributed by atoms with E-state index in [4.69, 9.17) is 0 Å². The second-order valence-corrected chi connectivity index (χ2v) is 6.94. The molecule has 145 valence electrons. The number of hydrogen-bond acceptors (Lipinski definition) is 4. The van der Waals surface area contributed by atoms with E-state index in [1.165, 1.54) is 0 Å². The van der Waals surface area contributed by atoms with Crippen molar-refractivity contribution in [2.75, 3.05) is 10.2 Å². The summed E-state index contributed by atoms with van der Waals surface area (Å²) in [6, 6.07) is 18.8. The molecule has 1 aliphatic rings. The minimum atomic E-state index is -0.335. The van der Waals surface area contributed by atoms with Gasteiger partial charge in [-0.15, -0.1) is 0 Å². The lowest BCUT2D eigenvalue weighted by Gasteiger charge is -2.23. The van der Waals surface area contributed by atoms with Gasteiger partial charge in [0, 0.05) is 29.2 Å². The molecular weight excluding hydrogens is 379 g/mol. The number of carbonyl (C=O) groups is 2. The van der Waals surface area contributed by atoms with Crippen LogP contribution >= 0.6 is 0 Å². The van der Waals surface area contributed by atoms with Gasteiger partial charge in [0.2, 0.25) is 11.8 Å². The van der Waals surface area contributed by atoms with E-state index < -0.39 is 0 Å². The molecule has 30 heavy (non-hydrogen) atoms. The van der Waals surface area contributed by atoms with Crippen LogP contribution in [0, 0.1) is 0 Å². The van der Waals surface area contributed by atoms with E-state index in [2.05, 4.69) is 10.3 Å². The maximum atomic E-state index is 12.9. The van der Waals surface area contributed by atoms with Crippen molar-refractivity contribution in [1.82, 2.24) is 9.55 Å². The average Bonchev–Trinajstić information content (AvgIpc) is 3.19. The predicted octanol–water partition coefficient (Wildman–Crippen LogP) is 2.27. The number of imidazole rings is 1. The van der Waals surface area contributed by atoms with Crippen LogP contribution < -0.4 is 15.9 Å². The van der Waals surface area contributed by atoms with E-state index in [1.54, 1.807) is 21.9 Å². The highest BCUT2D eigenvalue weighted by Gasteiger charge is 2.28. The molecule has 1 radical (unpaired) electrons. The molecule has 0 fully saturated rings. The first-order chi connectivity index (χ1) is 14.7. The second kappa shape index (κ2) is 7.16. The van der Waals surface area contributed by atoms with E-state index in [0.29, 0.717) is 22.8 Å². The molecule has 0 bridgehead atoms. The zero-order chi connectivity index (χ0) is 20.7. The lowest BCUT2D eigenvalue weighted by atomic mass is 10.0. The van der Waals surface area contributed by atoms with Crippen LogP contribution in [0.3, 0.4) is 0 Å². The van der Waals surface area contributed by atoms with Crippen LogP contribution in [-0.2, 0) is 9.59 Å². The number of hydrogen-bond donors (Lipinski definition) is 2. The zero-order valence-electron chi connectivity index (χ0n) is 15.8. The molecule has 1 aromatic heterocycles. The summed E-state index contributed by atoms with van der Waals surface area (Å²) >= 11 is 0. The Morgan fingerprint density at radius 1 is 0.967 bits per heavy atom. The molecule has 5 rings (SSSR count). The molecule has 0 saturated heterocycles. The lowest BCUT2D eigenvalue weighted by Crippen LogP contribution is -2.27. The van der Waals surface area contributed by atoms with Crippen LogP contribution in [0.25, 0.3) is 16.5 Å². The molecule has 0 atom stereocenters. The number of amides is 2. The van der Waals surface area contributed by atoms with E-state index in [1.807, 2.05) is 60.7 Å². The van der Waals surface area contributed by atoms with Gasteiger partial charge in [-0.25, -0.2) is 4.98 Å². The van der Waals surface area contributed by atoms with Crippen molar-refractivity contribution < 1.29 is 14.6 Å². The summed E-state index contributed by atoms with van der Waals surface area (Å²) in [6.45, 7) is 0. The summed E-state index contributed by atoms with van der Waals surface area (Å²) in [4.78, 5) is 30.9. The number of rotatable bonds is 3. The molecule has 0 unspecified atom stereocenters. The quantitative estimate of drug-likeness (QED) is 0.412. The number of anilines is 3. The number of benzene rings is 3. The van der Waals surface area contributed by atoms with E-state index >= 15 is 0 Å². The van der Waals surface area contributed by atoms with Gasteiger partial charge >= 0.3 is 7.48 Å². The number of carbonyl (C=O) groups excluding carboxylic acids is 2. The largest absolute Gasteiger partial charge is 0.447 e. The van der Waals surface area contributed by atoms with Gasteiger partial charge in [-0.2, -0.15) is 0 Å². The maximum absolute atomic E-state index is 12.9. The van der Waals surface area contributed by atoms with Crippen molar-refractivity contribution in [3.05, 3.63) is 73.1 Å². The van der Waals surface area contributed by atoms with Gasteiger partial charge in [-0.05, 0) is 35.7 Å². The molecule has 8 heteroatoms. The minimum absolute atomic E-state index is 0.240. The summed E-state index contributed by atoms with van der Waals surface area (Å²) in [7, 11) is 0.935. The zero-order valence-corrected chi connectivity index (χ0v) is 15.8. The average molecular weight is 395 g/mol. The van der Waals surface area contributed by atoms with Gasteiger partial charge in [0.15, 0.2) is 0 Å². The van der Waals surface area contributed by atoms with Crippen molar-refractivity contribution in [3.8, 4) is 5.69 Å². The van der Waals surface area contributed by atoms with Gasteiger partial charge in [0.1, 0.15) is 12.1 Å². The van der Waals surface area contributed by atoms with Gasteiger partial charge in [-0.1, -0.05) is 30.3 Å². The second-order valence-electron chi connectivity index (χ2n) is 6.94. The molecule has 2 N–H and O–H groups in total. The van der Waals surface area contributed by atoms with Crippen LogP contribution in [0.5, 0.6) is 0 Å². The van der Waals surface area contributed by atoms with Crippen molar-refractivity contribution in [1.29, 1.82) is 0 Å². The van der Waals surface area contributed by atoms with Gasteiger partial charge in [0.25, 0.3) is 0 Å². The molecule has 2 amide bonds. The number of nitrogens with one attached hydrogen (secondary N) is 1. The number of fused-ring (bicyclic) bond motifs is 3. The molecular formula is C22H16BN4O3. The normalized spacial score (nSPS) is 13.7. The first kappa shape index (κ1) is 18.1. The highest BCUT2D eigenvalue weighted by Crippen LogP contribution is 2.40. The molecule has 0 saturated carbocycles. The Hall–Kier alpha value is -3.91. The maximum Gasteiger partial charge on any atom is 0.373 e. The van der Waals surface area contributed by atoms with Gasteiger partial charge < -0.3 is 14.9 Å². The van der Waals surface area contributed by atoms with Gasteiger partial charge in [0.05, 0.1) is 11.4 Å². The molecule has 3 aromatic carbocycles. The van der Waals surface area contributed by atoms with Crippen LogP contribution in [-0.4, -0.2) is 33.9 Å². The fourth-order valence-corrected chi connectivity index (χ4v) is 3.79. The number of aromatic nitrogens is 2. The predicted molar refractivity (Wildman–Crippen MR) is 116 cm³/mol. The highest BCUT2D eigenvalue weighted by molar-refractivity contribution is 6.43. The van der Waals surface area contributed by atoms with E-state index in [-0.39, 0.29) is 18.2 Å². The van der Waals surface area contributed by atoms with Crippen molar-refractivity contribution in [3.63, 3.8) is 0 Å². The summed E-state index contributed by atoms with van der Waals surface area (Å²) in [5.41, 5.74) is 3.09. The van der Waals surface area contributed by atoms with E-state index in [9.17, 15) is 14.6 Å². The Labute approximate surface area is 172 Å². The summed E-state index contributed by atoms with van der Waals surface area (Å²) in [5.74, 6) is -0.639. The van der Waals surface area contributed by atoms with Crippen LogP contribution in [0.4, 0.5) is 17.1 Å². The van der Waals surface area contributed by atoms with E-state index in [0.717, 1.165) is 23.9 Å². The van der Waals surface area contributed by atoms with Crippen LogP contribution in [0.1, 0.15) is 6.42 Å². The molecule has 2 heterocycles. The first-order valence-corrected chi connectivity index (χ1v) is 9.41. The Morgan fingerprint density at radius 2 is 1.73 bits per heavy atom. The topological polar surface area (TPSA) is 87.5 Å². The lowest BCUT2D eigenvalue weighted by molar-refractivity contribution is -0.124. The molecule has 7 nitrogen and oxygen atoms in total. The summed E-state index contributed by atoms with van der Waals surface area (Å²) < 4.78 is 1.72. The Morgan fingerprint density at radius 3 is 2.53 bits per heavy atom. The van der Waals surface area contributed by atoms with Crippen molar-refractivity contribution >= 4 is 52.9 Å². The third kappa shape index (κ3) is 2.94. The van der Waals surface area contributed by atoms with Crippen molar-refractivity contribution in [2.45, 2.75) is 6.42 Å². The SMILES string of the molecule is O=C1CC(=O)N(c2ccc(-n3ccnc3[B]O)cc2)c2ccc3ccccc3c2N1. The summed E-state index contributed by atoms with van der Waals surface area (Å²) in [5, 5.41) is 14.1. The molecule has 0 spiro atoms. The fraction of sp³-hybridized carbons (Fsp3) is 0.0455. The summed E-state index contributed by atoms with van der Waals surface area (Å²) in [6.07, 6.45) is 3.08. The van der Waals surface area contributed by atoms with Crippen LogP contribution in [0.2, 0.25) is 0 Å². The standard InChI is InChI=1S/C22H16BN4O3/c28-19-13-20(29)27(18-10-5-14-3-1-2-4-17(14)21(18)25-19)16-8-6-15(7-9-16)26-12-11-24-22(26)23-30/h1-12,30H,13H2,(H,25,28). The Bertz CT molecular complexity index is 1280. The third-order valence-electron chi connectivity index (χ3n) is 5.14. The van der Waals surface area contributed by atoms with Crippen LogP contribution in [0.15, 0.2) is 73.1 Å². The monoisotopic (exact) mass is 395 g/mol. The minimum Gasteiger partial charge on any atom is -0.447 e. The third-order valence-corrected chi connectivity index (χ3v) is 5.14.